The van der Waals surface area contributed by atoms with Gasteiger partial charge in [0.25, 0.3) is 0 Å². The lowest BCUT2D eigenvalue weighted by molar-refractivity contribution is -0.145. The summed E-state index contributed by atoms with van der Waals surface area (Å²) >= 11 is 0. The minimum Gasteiger partial charge on any atom is -0.481 e. The van der Waals surface area contributed by atoms with Gasteiger partial charge >= 0.3 is 29.8 Å². The van der Waals surface area contributed by atoms with Crippen molar-refractivity contribution in [1.29, 1.82) is 0 Å². The van der Waals surface area contributed by atoms with Crippen molar-refractivity contribution in [3.63, 3.8) is 0 Å². The van der Waals surface area contributed by atoms with Gasteiger partial charge in [0.2, 0.25) is 17.7 Å². The number of carbonyl (C=O) groups excluding carboxylic acids is 5. The second-order valence-electron chi connectivity index (χ2n) is 15.6. The first-order valence-electron chi connectivity index (χ1n) is 21.4. The van der Waals surface area contributed by atoms with Crippen LogP contribution in [0, 0.1) is 5.92 Å². The fraction of sp³-hybridized carbons (Fsp3) is 0.762. The molecule has 0 aliphatic heterocycles. The van der Waals surface area contributed by atoms with Crippen LogP contribution in [0.4, 0.5) is 0 Å². The van der Waals surface area contributed by atoms with Gasteiger partial charge in [0.1, 0.15) is 29.7 Å². The lowest BCUT2D eigenvalue weighted by Crippen LogP contribution is -2.44. The van der Waals surface area contributed by atoms with Gasteiger partial charge in [0.15, 0.2) is 0 Å². The van der Waals surface area contributed by atoms with E-state index in [9.17, 15) is 68.4 Å². The van der Waals surface area contributed by atoms with Gasteiger partial charge in [-0.1, -0.05) is 89.9 Å². The molecule has 0 fully saturated rings. The number of hydrogen-bond acceptors (Lipinski definition) is 10. The Kier molecular flexibility index (Phi) is 31.1. The molecule has 0 bridgehead atoms. The van der Waals surface area contributed by atoms with Gasteiger partial charge in [-0.15, -0.1) is 0 Å². The van der Waals surface area contributed by atoms with E-state index in [0.29, 0.717) is 6.42 Å². The van der Waals surface area contributed by atoms with Crippen LogP contribution in [-0.4, -0.2) is 103 Å². The molecule has 0 heterocycles. The van der Waals surface area contributed by atoms with E-state index in [-0.39, 0.29) is 44.3 Å². The highest BCUT2D eigenvalue weighted by Crippen LogP contribution is 2.17. The average Bonchev–Trinajstić information content (AvgIpc) is 3.16. The van der Waals surface area contributed by atoms with Crippen molar-refractivity contribution < 1.29 is 73.5 Å². The SMILES string of the molecule is CC(=O)CC[C@H](NC(=O)CC[C@H](CC(=O)CC[C@H](NC(=O)CC[C@H](NC(=O)CCCCCCCCCCCCCCCCCCC(=O)O)C(=O)O)C(=O)O)C(=O)O)C(=O)O. The molecule has 8 N–H and O–H groups in total. The molecule has 0 aromatic carbocycles. The van der Waals surface area contributed by atoms with Crippen LogP contribution in [0.3, 0.4) is 0 Å². The third-order valence-electron chi connectivity index (χ3n) is 10.1. The van der Waals surface area contributed by atoms with Crippen molar-refractivity contribution in [2.45, 2.75) is 198 Å². The number of nitrogens with one attached hydrogen (secondary N) is 3. The zero-order valence-electron chi connectivity index (χ0n) is 35.2. The molecular weight excluding hydrogens is 786 g/mol. The maximum Gasteiger partial charge on any atom is 0.326 e. The Morgan fingerprint density at radius 3 is 1.03 bits per heavy atom. The van der Waals surface area contributed by atoms with Crippen LogP contribution in [0.25, 0.3) is 0 Å². The van der Waals surface area contributed by atoms with Crippen LogP contribution >= 0.6 is 0 Å². The van der Waals surface area contributed by atoms with E-state index in [1.807, 2.05) is 0 Å². The molecule has 3 amide bonds. The molecule has 0 spiro atoms. The summed E-state index contributed by atoms with van der Waals surface area (Å²) in [6, 6.07) is -4.28. The Hall–Kier alpha value is -4.90. The standard InChI is InChI=1S/C42H69N3O15/c1-29(46)20-23-32(40(55)56)44-36(49)26-21-30(39(53)54)28-31(47)22-24-33(41(57)58)45-37(50)27-25-34(42(59)60)43-35(48)18-16-14-12-10-8-6-4-2-3-5-7-9-11-13-15-17-19-38(51)52/h30,32-34H,2-28H2,1H3,(H,43,48)(H,44,49)(H,45,50)(H,51,52)(H,53,54)(H,55,56)(H,57,58)(H,59,60)/t30-,32+,33+,34+/m1/s1. The molecule has 60 heavy (non-hydrogen) atoms. The summed E-state index contributed by atoms with van der Waals surface area (Å²) in [6.45, 7) is 1.26. The lowest BCUT2D eigenvalue weighted by atomic mass is 9.94. The Balaban J connectivity index is 4.40. The van der Waals surface area contributed by atoms with Gasteiger partial charge < -0.3 is 46.3 Å². The van der Waals surface area contributed by atoms with Crippen molar-refractivity contribution in [2.75, 3.05) is 0 Å². The van der Waals surface area contributed by atoms with Gasteiger partial charge in [-0.05, 0) is 45.4 Å². The summed E-state index contributed by atoms with van der Waals surface area (Å²) in [7, 11) is 0. The molecule has 0 unspecified atom stereocenters. The monoisotopic (exact) mass is 855 g/mol. The van der Waals surface area contributed by atoms with E-state index in [1.165, 1.54) is 45.4 Å². The third-order valence-corrected chi connectivity index (χ3v) is 10.1. The zero-order chi connectivity index (χ0) is 45.3. The Bertz CT molecular complexity index is 1390. The summed E-state index contributed by atoms with van der Waals surface area (Å²) < 4.78 is 0. The van der Waals surface area contributed by atoms with Crippen molar-refractivity contribution in [1.82, 2.24) is 16.0 Å². The summed E-state index contributed by atoms with van der Waals surface area (Å²) in [5.41, 5.74) is 0. The van der Waals surface area contributed by atoms with Gasteiger partial charge in [-0.3, -0.25) is 28.8 Å². The predicted molar refractivity (Wildman–Crippen MR) is 218 cm³/mol. The number of aliphatic carboxylic acids is 5. The molecule has 0 saturated heterocycles. The molecule has 0 saturated carbocycles. The number of ketones is 2. The minimum absolute atomic E-state index is 0.0874. The number of carboxylic acids is 5. The molecule has 18 heteroatoms. The van der Waals surface area contributed by atoms with Crippen molar-refractivity contribution in [2.24, 2.45) is 5.92 Å². The highest BCUT2D eigenvalue weighted by molar-refractivity contribution is 5.88. The van der Waals surface area contributed by atoms with E-state index < -0.39 is 109 Å². The fourth-order valence-corrected chi connectivity index (χ4v) is 6.53. The summed E-state index contributed by atoms with van der Waals surface area (Å²) in [4.78, 5) is 118. The zero-order valence-corrected chi connectivity index (χ0v) is 35.2. The largest absolute Gasteiger partial charge is 0.481 e. The van der Waals surface area contributed by atoms with Gasteiger partial charge in [0.05, 0.1) is 5.92 Å². The van der Waals surface area contributed by atoms with Crippen LogP contribution in [0.1, 0.15) is 180 Å². The second kappa shape index (κ2) is 33.9. The number of carboxylic acid groups (broad SMARTS) is 5. The lowest BCUT2D eigenvalue weighted by Gasteiger charge is -2.17. The van der Waals surface area contributed by atoms with E-state index >= 15 is 0 Å². The van der Waals surface area contributed by atoms with Crippen molar-refractivity contribution in [3.05, 3.63) is 0 Å². The quantitative estimate of drug-likeness (QED) is 0.0369. The van der Waals surface area contributed by atoms with E-state index in [2.05, 4.69) is 16.0 Å². The predicted octanol–water partition coefficient (Wildman–Crippen LogP) is 5.17. The maximum atomic E-state index is 12.6. The Labute approximate surface area is 352 Å². The fourth-order valence-electron chi connectivity index (χ4n) is 6.53. The normalized spacial score (nSPS) is 12.9. The molecule has 342 valence electrons. The highest BCUT2D eigenvalue weighted by Gasteiger charge is 2.27. The smallest absolute Gasteiger partial charge is 0.326 e. The Morgan fingerprint density at radius 1 is 0.367 bits per heavy atom. The van der Waals surface area contributed by atoms with E-state index in [1.54, 1.807) is 0 Å². The van der Waals surface area contributed by atoms with Crippen molar-refractivity contribution in [3.8, 4) is 0 Å². The number of carbonyl (C=O) groups is 10. The van der Waals surface area contributed by atoms with E-state index in [4.69, 9.17) is 5.11 Å². The molecule has 0 radical (unpaired) electrons. The molecule has 0 aromatic heterocycles. The van der Waals surface area contributed by atoms with Gasteiger partial charge in [-0.25, -0.2) is 14.4 Å². The van der Waals surface area contributed by atoms with Crippen molar-refractivity contribution >= 4 is 59.1 Å². The first-order chi connectivity index (χ1) is 28.4. The van der Waals surface area contributed by atoms with Crippen LogP contribution in [0.5, 0.6) is 0 Å². The Morgan fingerprint density at radius 2 is 0.683 bits per heavy atom. The summed E-state index contributed by atoms with van der Waals surface area (Å²) in [5.74, 6) is -10.7. The molecule has 4 atom stereocenters. The number of amides is 3. The van der Waals surface area contributed by atoms with E-state index in [0.717, 1.165) is 57.8 Å². The number of rotatable bonds is 40. The molecular formula is C42H69N3O15. The summed E-state index contributed by atoms with van der Waals surface area (Å²) in [5, 5.41) is 53.4. The van der Waals surface area contributed by atoms with Gasteiger partial charge in [-0.2, -0.15) is 0 Å². The maximum absolute atomic E-state index is 12.6. The number of Topliss-reactive ketones (excluding diaryl/α,β-unsaturated/α-hetero) is 2. The molecule has 0 aliphatic carbocycles. The average molecular weight is 856 g/mol. The molecule has 0 aromatic rings. The topological polar surface area (TPSA) is 308 Å². The molecule has 18 nitrogen and oxygen atoms in total. The molecule has 0 aliphatic rings. The van der Waals surface area contributed by atoms with Crippen LogP contribution in [0.2, 0.25) is 0 Å². The number of hydrogen-bond donors (Lipinski definition) is 8. The van der Waals surface area contributed by atoms with Crippen LogP contribution in [-0.2, 0) is 47.9 Å². The number of unbranched alkanes of at least 4 members (excludes halogenated alkanes) is 15. The third kappa shape index (κ3) is 31.1. The molecule has 0 rings (SSSR count). The minimum atomic E-state index is -1.55. The highest BCUT2D eigenvalue weighted by atomic mass is 16.4. The first kappa shape index (κ1) is 55.1. The summed E-state index contributed by atoms with van der Waals surface area (Å²) in [6.07, 6.45) is 14.2. The van der Waals surface area contributed by atoms with Gasteiger partial charge in [0, 0.05) is 44.9 Å². The first-order valence-corrected chi connectivity index (χ1v) is 21.4. The van der Waals surface area contributed by atoms with Crippen LogP contribution in [0.15, 0.2) is 0 Å². The van der Waals surface area contributed by atoms with Crippen LogP contribution < -0.4 is 16.0 Å². The second-order valence-corrected chi connectivity index (χ2v) is 15.6.